The molecule has 0 saturated heterocycles. The molecule has 0 aliphatic rings. The minimum atomic E-state index is -0.426. The molecule has 6 nitrogen and oxygen atoms in total. The molecule has 0 unspecified atom stereocenters. The first-order chi connectivity index (χ1) is 19.0. The fraction of sp³-hybridized carbons (Fsp3) is 0.206. The van der Waals surface area contributed by atoms with Crippen LogP contribution in [0.15, 0.2) is 109 Å². The molecule has 0 aliphatic carbocycles. The van der Waals surface area contributed by atoms with Gasteiger partial charge in [0.15, 0.2) is 0 Å². The molecule has 206 valence electrons. The van der Waals surface area contributed by atoms with Gasteiger partial charge in [-0.25, -0.2) is 14.4 Å². The van der Waals surface area contributed by atoms with Gasteiger partial charge in [0.05, 0.1) is 0 Å². The average molecular weight is 539 g/mol. The van der Waals surface area contributed by atoms with Gasteiger partial charge in [-0.2, -0.15) is 0 Å². The lowest BCUT2D eigenvalue weighted by Gasteiger charge is -2.20. The van der Waals surface area contributed by atoms with Crippen LogP contribution in [0, 0.1) is 0 Å². The zero-order chi connectivity index (χ0) is 29.2. The highest BCUT2D eigenvalue weighted by Crippen LogP contribution is 2.33. The number of carbonyl (C=O) groups excluding carboxylic acids is 3. The second-order valence-corrected chi connectivity index (χ2v) is 9.73. The molecule has 3 aromatic rings. The Morgan fingerprint density at radius 3 is 0.925 bits per heavy atom. The van der Waals surface area contributed by atoms with Gasteiger partial charge in [0.2, 0.25) is 0 Å². The molecule has 6 heteroatoms. The van der Waals surface area contributed by atoms with Crippen LogP contribution in [0.1, 0.15) is 60.1 Å². The molecule has 40 heavy (non-hydrogen) atoms. The lowest BCUT2D eigenvalue weighted by molar-refractivity contribution is -0.141. The van der Waals surface area contributed by atoms with Crippen LogP contribution in [0.2, 0.25) is 0 Å². The summed E-state index contributed by atoms with van der Waals surface area (Å²) in [6, 6.07) is 23.7. The lowest BCUT2D eigenvalue weighted by Crippen LogP contribution is -2.07. The van der Waals surface area contributed by atoms with Gasteiger partial charge in [-0.15, -0.1) is 0 Å². The summed E-state index contributed by atoms with van der Waals surface area (Å²) in [6.07, 6.45) is 0. The van der Waals surface area contributed by atoms with Crippen molar-refractivity contribution >= 4 is 17.9 Å². The van der Waals surface area contributed by atoms with E-state index < -0.39 is 17.9 Å². The van der Waals surface area contributed by atoms with Crippen LogP contribution in [0.25, 0.3) is 0 Å². The van der Waals surface area contributed by atoms with Crippen molar-refractivity contribution in [2.75, 3.05) is 0 Å². The molecule has 0 N–H and O–H groups in total. The van der Waals surface area contributed by atoms with Gasteiger partial charge in [-0.1, -0.05) is 92.5 Å². The molecular formula is C34H34O6. The first-order valence-electron chi connectivity index (χ1n) is 12.8. The predicted octanol–water partition coefficient (Wildman–Crippen LogP) is 6.72. The molecule has 0 heterocycles. The quantitative estimate of drug-likeness (QED) is 0.110. The maximum Gasteiger partial charge on any atom is 0.333 e. The first-order valence-corrected chi connectivity index (χ1v) is 12.8. The number of ether oxygens (including phenoxy) is 3. The largest absolute Gasteiger partial charge is 0.457 e. The van der Waals surface area contributed by atoms with Crippen molar-refractivity contribution in [3.8, 4) is 0 Å². The second kappa shape index (κ2) is 13.9. The molecule has 0 bridgehead atoms. The van der Waals surface area contributed by atoms with E-state index in [4.69, 9.17) is 14.2 Å². The van der Waals surface area contributed by atoms with Gasteiger partial charge in [0.25, 0.3) is 0 Å². The van der Waals surface area contributed by atoms with Crippen molar-refractivity contribution in [1.82, 2.24) is 0 Å². The van der Waals surface area contributed by atoms with Crippen molar-refractivity contribution in [3.05, 3.63) is 143 Å². The zero-order valence-electron chi connectivity index (χ0n) is 23.2. The third kappa shape index (κ3) is 8.40. The number of hydrogen-bond donors (Lipinski definition) is 0. The van der Waals surface area contributed by atoms with Crippen LogP contribution in [0.3, 0.4) is 0 Å². The van der Waals surface area contributed by atoms with E-state index in [-0.39, 0.29) is 25.7 Å². The Kier molecular flexibility index (Phi) is 10.4. The molecule has 3 rings (SSSR count). The van der Waals surface area contributed by atoms with Gasteiger partial charge >= 0.3 is 17.9 Å². The number of hydrogen-bond acceptors (Lipinski definition) is 6. The van der Waals surface area contributed by atoms with Crippen LogP contribution in [-0.4, -0.2) is 17.9 Å². The smallest absolute Gasteiger partial charge is 0.333 e. The Hall–Kier alpha value is -4.71. The maximum absolute atomic E-state index is 11.8. The summed E-state index contributed by atoms with van der Waals surface area (Å²) in [5.41, 5.74) is 6.77. The minimum absolute atomic E-state index is 0.106. The monoisotopic (exact) mass is 538 g/mol. The topological polar surface area (TPSA) is 78.9 Å². The molecule has 0 radical (unpaired) electrons. The summed E-state index contributed by atoms with van der Waals surface area (Å²) in [5, 5.41) is 0. The summed E-state index contributed by atoms with van der Waals surface area (Å²) >= 11 is 0. The Balaban J connectivity index is 1.86. The van der Waals surface area contributed by atoms with E-state index in [1.54, 1.807) is 20.8 Å². The standard InChI is InChI=1S/C34H34O6/c1-22(2)32(35)38-19-25-7-13-28(14-8-25)31(29-15-9-26(10-16-29)20-39-33(36)23(3)4)30-17-11-27(12-18-30)21-40-34(37)24(5)6/h7-18,31H,1,3,5,19-21H2,2,4,6H3. The molecule has 0 amide bonds. The zero-order valence-corrected chi connectivity index (χ0v) is 23.2. The Morgan fingerprint density at radius 1 is 0.500 bits per heavy atom. The Labute approximate surface area is 235 Å². The fourth-order valence-electron chi connectivity index (χ4n) is 3.81. The molecular weight excluding hydrogens is 504 g/mol. The van der Waals surface area contributed by atoms with Crippen molar-refractivity contribution in [3.63, 3.8) is 0 Å². The van der Waals surface area contributed by atoms with E-state index >= 15 is 0 Å². The van der Waals surface area contributed by atoms with Gasteiger partial charge < -0.3 is 14.2 Å². The van der Waals surface area contributed by atoms with Gasteiger partial charge in [0, 0.05) is 22.6 Å². The van der Waals surface area contributed by atoms with Crippen molar-refractivity contribution in [2.24, 2.45) is 0 Å². The predicted molar refractivity (Wildman–Crippen MR) is 154 cm³/mol. The average Bonchev–Trinajstić information content (AvgIpc) is 2.95. The Morgan fingerprint density at radius 2 is 0.725 bits per heavy atom. The third-order valence-electron chi connectivity index (χ3n) is 6.09. The molecule has 0 aliphatic heterocycles. The Bertz CT molecular complexity index is 1220. The first kappa shape index (κ1) is 29.8. The molecule has 0 aromatic heterocycles. The molecule has 0 fully saturated rings. The van der Waals surface area contributed by atoms with Crippen LogP contribution in [0.4, 0.5) is 0 Å². The summed E-state index contributed by atoms with van der Waals surface area (Å²) in [6.45, 7) is 16.1. The van der Waals surface area contributed by atoms with E-state index in [9.17, 15) is 14.4 Å². The summed E-state index contributed by atoms with van der Waals surface area (Å²) in [4.78, 5) is 35.3. The molecule has 0 spiro atoms. The van der Waals surface area contributed by atoms with Crippen LogP contribution in [-0.2, 0) is 48.4 Å². The van der Waals surface area contributed by atoms with Crippen LogP contribution in [0.5, 0.6) is 0 Å². The van der Waals surface area contributed by atoms with E-state index in [1.807, 2.05) is 72.8 Å². The van der Waals surface area contributed by atoms with Gasteiger partial charge in [-0.3, -0.25) is 0 Å². The molecule has 0 atom stereocenters. The highest BCUT2D eigenvalue weighted by molar-refractivity contribution is 5.87. The van der Waals surface area contributed by atoms with E-state index in [1.165, 1.54) is 0 Å². The van der Waals surface area contributed by atoms with E-state index in [0.717, 1.165) is 33.4 Å². The summed E-state index contributed by atoms with van der Waals surface area (Å²) in [5.74, 6) is -1.38. The van der Waals surface area contributed by atoms with Crippen LogP contribution < -0.4 is 0 Å². The normalized spacial score (nSPS) is 10.5. The number of carbonyl (C=O) groups is 3. The third-order valence-corrected chi connectivity index (χ3v) is 6.09. The minimum Gasteiger partial charge on any atom is -0.457 e. The van der Waals surface area contributed by atoms with E-state index in [0.29, 0.717) is 16.7 Å². The van der Waals surface area contributed by atoms with Gasteiger partial charge in [-0.05, 0) is 54.2 Å². The lowest BCUT2D eigenvalue weighted by atomic mass is 9.84. The van der Waals surface area contributed by atoms with E-state index in [2.05, 4.69) is 19.7 Å². The summed E-state index contributed by atoms with van der Waals surface area (Å²) < 4.78 is 15.8. The maximum atomic E-state index is 11.8. The van der Waals surface area contributed by atoms with Gasteiger partial charge in [0.1, 0.15) is 19.8 Å². The van der Waals surface area contributed by atoms with Crippen molar-refractivity contribution < 1.29 is 28.6 Å². The fourth-order valence-corrected chi connectivity index (χ4v) is 3.81. The number of esters is 3. The number of benzene rings is 3. The SMILES string of the molecule is C=C(C)C(=O)OCc1ccc(C(c2ccc(COC(=O)C(=C)C)cc2)c2ccc(COC(=O)C(=C)C)cc2)cc1. The van der Waals surface area contributed by atoms with Crippen molar-refractivity contribution in [1.29, 1.82) is 0 Å². The number of rotatable bonds is 12. The molecule has 0 saturated carbocycles. The highest BCUT2D eigenvalue weighted by Gasteiger charge is 2.18. The summed E-state index contributed by atoms with van der Waals surface area (Å²) in [7, 11) is 0. The highest BCUT2D eigenvalue weighted by atomic mass is 16.5. The second-order valence-electron chi connectivity index (χ2n) is 9.73. The molecule has 3 aromatic carbocycles. The van der Waals surface area contributed by atoms with Crippen molar-refractivity contribution in [2.45, 2.75) is 46.5 Å². The van der Waals surface area contributed by atoms with Crippen LogP contribution >= 0.6 is 0 Å².